The molecule has 1 aliphatic carbocycles. The molecule has 0 spiro atoms. The van der Waals surface area contributed by atoms with Gasteiger partial charge < -0.3 is 10.1 Å². The number of hydrogen-bond donors (Lipinski definition) is 1. The molecule has 0 bridgehead atoms. The number of carbonyl (C=O) groups excluding carboxylic acids is 1. The summed E-state index contributed by atoms with van der Waals surface area (Å²) in [5.41, 5.74) is 1.82. The number of amides is 1. The number of aromatic nitrogens is 4. The van der Waals surface area contributed by atoms with E-state index < -0.39 is 0 Å². The van der Waals surface area contributed by atoms with E-state index in [4.69, 9.17) is 4.74 Å². The van der Waals surface area contributed by atoms with Gasteiger partial charge in [-0.3, -0.25) is 4.79 Å². The van der Waals surface area contributed by atoms with E-state index >= 15 is 0 Å². The maximum atomic E-state index is 12.7. The standard InChI is InChI=1S/C19H19N5O2/c25-19(17-7-3-4-8-18(17)24-13-20-22-23-24)21-14-9-11-16(12-10-14)26-15-5-1-2-6-15/h3-4,7-13,15H,1-2,5-6H2,(H,21,25). The number of rotatable bonds is 5. The topological polar surface area (TPSA) is 81.9 Å². The highest BCUT2D eigenvalue weighted by molar-refractivity contribution is 6.06. The van der Waals surface area contributed by atoms with Crippen molar-refractivity contribution in [3.05, 3.63) is 60.4 Å². The van der Waals surface area contributed by atoms with E-state index in [9.17, 15) is 4.79 Å². The number of tetrazole rings is 1. The van der Waals surface area contributed by atoms with E-state index in [0.29, 0.717) is 23.0 Å². The molecule has 1 heterocycles. The first-order chi connectivity index (χ1) is 12.8. The summed E-state index contributed by atoms with van der Waals surface area (Å²) in [6.45, 7) is 0. The molecule has 132 valence electrons. The number of para-hydroxylation sites is 1. The Morgan fingerprint density at radius 3 is 2.58 bits per heavy atom. The molecule has 1 fully saturated rings. The van der Waals surface area contributed by atoms with Crippen molar-refractivity contribution in [2.24, 2.45) is 0 Å². The third kappa shape index (κ3) is 3.56. The second-order valence-electron chi connectivity index (χ2n) is 6.27. The Kier molecular flexibility index (Phi) is 4.59. The molecule has 1 N–H and O–H groups in total. The quantitative estimate of drug-likeness (QED) is 0.765. The molecular formula is C19H19N5O2. The lowest BCUT2D eigenvalue weighted by Crippen LogP contribution is -2.15. The summed E-state index contributed by atoms with van der Waals surface area (Å²) in [6, 6.07) is 14.7. The first-order valence-electron chi connectivity index (χ1n) is 8.70. The molecular weight excluding hydrogens is 330 g/mol. The highest BCUT2D eigenvalue weighted by Gasteiger charge is 2.17. The van der Waals surface area contributed by atoms with Crippen LogP contribution in [0.1, 0.15) is 36.0 Å². The Bertz CT molecular complexity index is 871. The van der Waals surface area contributed by atoms with Gasteiger partial charge in [-0.2, -0.15) is 4.68 Å². The van der Waals surface area contributed by atoms with Crippen molar-refractivity contribution in [3.8, 4) is 11.4 Å². The van der Waals surface area contributed by atoms with Crippen molar-refractivity contribution in [1.29, 1.82) is 0 Å². The van der Waals surface area contributed by atoms with Crippen LogP contribution < -0.4 is 10.1 Å². The zero-order valence-electron chi connectivity index (χ0n) is 14.2. The normalized spacial score (nSPS) is 14.3. The van der Waals surface area contributed by atoms with Crippen LogP contribution in [0, 0.1) is 0 Å². The van der Waals surface area contributed by atoms with E-state index in [0.717, 1.165) is 18.6 Å². The Hall–Kier alpha value is -3.22. The average molecular weight is 349 g/mol. The predicted molar refractivity (Wildman–Crippen MR) is 96.4 cm³/mol. The van der Waals surface area contributed by atoms with Gasteiger partial charge in [-0.25, -0.2) is 0 Å². The van der Waals surface area contributed by atoms with Crippen LogP contribution in [-0.2, 0) is 0 Å². The number of nitrogens with zero attached hydrogens (tertiary/aromatic N) is 4. The molecule has 0 aliphatic heterocycles. The minimum atomic E-state index is -0.222. The van der Waals surface area contributed by atoms with Crippen molar-refractivity contribution in [2.45, 2.75) is 31.8 Å². The van der Waals surface area contributed by atoms with Gasteiger partial charge in [0.1, 0.15) is 12.1 Å². The van der Waals surface area contributed by atoms with Crippen LogP contribution in [0.25, 0.3) is 5.69 Å². The third-order valence-electron chi connectivity index (χ3n) is 4.46. The summed E-state index contributed by atoms with van der Waals surface area (Å²) in [7, 11) is 0. The van der Waals surface area contributed by atoms with E-state index in [-0.39, 0.29) is 5.91 Å². The molecule has 26 heavy (non-hydrogen) atoms. The fourth-order valence-corrected chi connectivity index (χ4v) is 3.15. The molecule has 1 saturated carbocycles. The van der Waals surface area contributed by atoms with Crippen LogP contribution in [0.4, 0.5) is 5.69 Å². The van der Waals surface area contributed by atoms with Crippen molar-refractivity contribution in [2.75, 3.05) is 5.32 Å². The van der Waals surface area contributed by atoms with E-state index in [1.165, 1.54) is 23.9 Å². The van der Waals surface area contributed by atoms with Crippen molar-refractivity contribution in [1.82, 2.24) is 20.2 Å². The number of ether oxygens (including phenoxy) is 1. The van der Waals surface area contributed by atoms with Gasteiger partial charge in [0.25, 0.3) is 5.91 Å². The molecule has 7 nitrogen and oxygen atoms in total. The minimum absolute atomic E-state index is 0.222. The zero-order valence-corrected chi connectivity index (χ0v) is 14.2. The lowest BCUT2D eigenvalue weighted by molar-refractivity contribution is 0.102. The van der Waals surface area contributed by atoms with E-state index in [1.807, 2.05) is 30.3 Å². The van der Waals surface area contributed by atoms with Crippen LogP contribution in [0.15, 0.2) is 54.9 Å². The van der Waals surface area contributed by atoms with Gasteiger partial charge in [0.05, 0.1) is 17.4 Å². The van der Waals surface area contributed by atoms with Crippen LogP contribution in [0.2, 0.25) is 0 Å². The van der Waals surface area contributed by atoms with Crippen LogP contribution >= 0.6 is 0 Å². The van der Waals surface area contributed by atoms with Crippen molar-refractivity contribution < 1.29 is 9.53 Å². The third-order valence-corrected chi connectivity index (χ3v) is 4.46. The molecule has 3 aromatic rings. The summed E-state index contributed by atoms with van der Waals surface area (Å²) in [4.78, 5) is 12.7. The Labute approximate surface area is 151 Å². The van der Waals surface area contributed by atoms with Gasteiger partial charge in [-0.1, -0.05) is 12.1 Å². The Balaban J connectivity index is 1.47. The van der Waals surface area contributed by atoms with E-state index in [2.05, 4.69) is 20.8 Å². The smallest absolute Gasteiger partial charge is 0.257 e. The summed E-state index contributed by atoms with van der Waals surface area (Å²) in [5, 5.41) is 14.0. The van der Waals surface area contributed by atoms with Crippen LogP contribution in [0.5, 0.6) is 5.75 Å². The lowest BCUT2D eigenvalue weighted by atomic mass is 10.1. The second kappa shape index (κ2) is 7.35. The Morgan fingerprint density at radius 1 is 1.08 bits per heavy atom. The molecule has 7 heteroatoms. The fourth-order valence-electron chi connectivity index (χ4n) is 3.15. The predicted octanol–water partition coefficient (Wildman–Crippen LogP) is 3.24. The van der Waals surface area contributed by atoms with Gasteiger partial charge >= 0.3 is 0 Å². The molecule has 0 saturated heterocycles. The monoisotopic (exact) mass is 349 g/mol. The first-order valence-corrected chi connectivity index (χ1v) is 8.70. The number of benzene rings is 2. The summed E-state index contributed by atoms with van der Waals surface area (Å²) in [5.74, 6) is 0.615. The maximum Gasteiger partial charge on any atom is 0.257 e. The molecule has 4 rings (SSSR count). The zero-order chi connectivity index (χ0) is 17.8. The summed E-state index contributed by atoms with van der Waals surface area (Å²) < 4.78 is 7.42. The van der Waals surface area contributed by atoms with Crippen LogP contribution in [0.3, 0.4) is 0 Å². The highest BCUT2D eigenvalue weighted by atomic mass is 16.5. The molecule has 0 radical (unpaired) electrons. The fraction of sp³-hybridized carbons (Fsp3) is 0.263. The van der Waals surface area contributed by atoms with Gasteiger partial charge in [0.15, 0.2) is 0 Å². The molecule has 0 unspecified atom stereocenters. The highest BCUT2D eigenvalue weighted by Crippen LogP contribution is 2.25. The Morgan fingerprint density at radius 2 is 1.85 bits per heavy atom. The largest absolute Gasteiger partial charge is 0.490 e. The second-order valence-corrected chi connectivity index (χ2v) is 6.27. The summed E-state index contributed by atoms with van der Waals surface area (Å²) in [6.07, 6.45) is 6.48. The molecule has 2 aromatic carbocycles. The average Bonchev–Trinajstić information content (AvgIpc) is 3.37. The van der Waals surface area contributed by atoms with Gasteiger partial charge in [0, 0.05) is 5.69 Å². The maximum absolute atomic E-state index is 12.7. The number of carbonyl (C=O) groups is 1. The molecule has 1 aliphatic rings. The van der Waals surface area contributed by atoms with Gasteiger partial charge in [0.2, 0.25) is 0 Å². The van der Waals surface area contributed by atoms with Gasteiger partial charge in [-0.05, 0) is 72.5 Å². The van der Waals surface area contributed by atoms with Gasteiger partial charge in [-0.15, -0.1) is 5.10 Å². The molecule has 1 aromatic heterocycles. The number of anilines is 1. The first kappa shape index (κ1) is 16.3. The number of nitrogens with one attached hydrogen (secondary N) is 1. The minimum Gasteiger partial charge on any atom is -0.490 e. The SMILES string of the molecule is O=C(Nc1ccc(OC2CCCC2)cc1)c1ccccc1-n1cnnn1. The molecule has 0 atom stereocenters. The van der Waals surface area contributed by atoms with E-state index in [1.54, 1.807) is 18.2 Å². The lowest BCUT2D eigenvalue weighted by Gasteiger charge is -2.14. The van der Waals surface area contributed by atoms with Crippen molar-refractivity contribution in [3.63, 3.8) is 0 Å². The molecule has 1 amide bonds. The van der Waals surface area contributed by atoms with Crippen molar-refractivity contribution >= 4 is 11.6 Å². The number of hydrogen-bond acceptors (Lipinski definition) is 5. The summed E-state index contributed by atoms with van der Waals surface area (Å²) >= 11 is 0. The van der Waals surface area contributed by atoms with Crippen LogP contribution in [-0.4, -0.2) is 32.2 Å².